The predicted molar refractivity (Wildman–Crippen MR) is 42.5 cm³/mol. The van der Waals surface area contributed by atoms with Gasteiger partial charge in [-0.25, -0.2) is 0 Å². The van der Waals surface area contributed by atoms with Gasteiger partial charge in [0.15, 0.2) is 0 Å². The minimum atomic E-state index is -1.35. The molecule has 1 rings (SSSR count). The van der Waals surface area contributed by atoms with E-state index in [0.717, 1.165) is 6.08 Å². The standard InChI is InChI=1S/C8H6FNO2/c9-8(10(11)12)6-7-4-2-1-3-5-7/h1-6H. The molecule has 0 spiro atoms. The van der Waals surface area contributed by atoms with E-state index in [0.29, 0.717) is 5.56 Å². The number of halogens is 1. The minimum Gasteiger partial charge on any atom is -0.256 e. The number of hydrogen-bond donors (Lipinski definition) is 0. The molecule has 0 atom stereocenters. The Morgan fingerprint density at radius 2 is 2.00 bits per heavy atom. The van der Waals surface area contributed by atoms with Gasteiger partial charge in [-0.05, 0) is 5.56 Å². The molecule has 3 nitrogen and oxygen atoms in total. The van der Waals surface area contributed by atoms with Crippen LogP contribution < -0.4 is 0 Å². The van der Waals surface area contributed by atoms with Crippen molar-refractivity contribution in [2.75, 3.05) is 0 Å². The summed E-state index contributed by atoms with van der Waals surface area (Å²) in [6, 6.07) is 8.28. The topological polar surface area (TPSA) is 43.1 Å². The van der Waals surface area contributed by atoms with Crippen LogP contribution in [0.25, 0.3) is 6.08 Å². The van der Waals surface area contributed by atoms with Gasteiger partial charge in [0.1, 0.15) is 0 Å². The Balaban J connectivity index is 2.89. The van der Waals surface area contributed by atoms with Gasteiger partial charge in [-0.1, -0.05) is 30.3 Å². The molecule has 0 saturated carbocycles. The normalized spacial score (nSPS) is 11.2. The molecular weight excluding hydrogens is 161 g/mol. The third-order valence-corrected chi connectivity index (χ3v) is 1.26. The van der Waals surface area contributed by atoms with E-state index in [1.165, 1.54) is 0 Å². The van der Waals surface area contributed by atoms with Crippen molar-refractivity contribution in [2.45, 2.75) is 0 Å². The van der Waals surface area contributed by atoms with E-state index in [9.17, 15) is 14.5 Å². The second kappa shape index (κ2) is 3.61. The highest BCUT2D eigenvalue weighted by molar-refractivity contribution is 5.48. The van der Waals surface area contributed by atoms with Gasteiger partial charge in [0.25, 0.3) is 0 Å². The van der Waals surface area contributed by atoms with Crippen LogP contribution in [0.5, 0.6) is 0 Å². The molecule has 0 bridgehead atoms. The third kappa shape index (κ3) is 2.16. The fourth-order valence-corrected chi connectivity index (χ4v) is 0.739. The summed E-state index contributed by atoms with van der Waals surface area (Å²) in [4.78, 5) is 8.80. The van der Waals surface area contributed by atoms with Crippen molar-refractivity contribution >= 4 is 6.08 Å². The van der Waals surface area contributed by atoms with Crippen LogP contribution in [0, 0.1) is 10.1 Å². The number of rotatable bonds is 2. The van der Waals surface area contributed by atoms with Crippen LogP contribution in [0.1, 0.15) is 5.56 Å². The number of hydrogen-bond acceptors (Lipinski definition) is 2. The number of benzene rings is 1. The molecule has 0 aliphatic heterocycles. The largest absolute Gasteiger partial charge is 0.419 e. The van der Waals surface area contributed by atoms with Gasteiger partial charge in [0, 0.05) is 0 Å². The Bertz CT molecular complexity index is 308. The zero-order chi connectivity index (χ0) is 8.97. The van der Waals surface area contributed by atoms with Gasteiger partial charge in [-0.15, -0.1) is 4.39 Å². The van der Waals surface area contributed by atoms with E-state index >= 15 is 0 Å². The molecule has 12 heavy (non-hydrogen) atoms. The van der Waals surface area contributed by atoms with Crippen molar-refractivity contribution in [3.8, 4) is 0 Å². The molecule has 0 aliphatic carbocycles. The first kappa shape index (κ1) is 8.39. The number of nitrogens with zero attached hydrogens (tertiary/aromatic N) is 1. The first-order valence-corrected chi connectivity index (χ1v) is 3.27. The van der Waals surface area contributed by atoms with E-state index in [1.54, 1.807) is 30.3 Å². The third-order valence-electron chi connectivity index (χ3n) is 1.26. The van der Waals surface area contributed by atoms with Gasteiger partial charge in [0.2, 0.25) is 0 Å². The minimum absolute atomic E-state index is 0.478. The summed E-state index contributed by atoms with van der Waals surface area (Å²) >= 11 is 0. The van der Waals surface area contributed by atoms with Crippen LogP contribution in [-0.4, -0.2) is 4.92 Å². The summed E-state index contributed by atoms with van der Waals surface area (Å²) in [5, 5.41) is 9.87. The van der Waals surface area contributed by atoms with Crippen LogP contribution in [0.3, 0.4) is 0 Å². The monoisotopic (exact) mass is 167 g/mol. The van der Waals surface area contributed by atoms with E-state index in [4.69, 9.17) is 0 Å². The molecule has 62 valence electrons. The molecule has 0 aliphatic rings. The molecule has 0 saturated heterocycles. The molecule has 0 heterocycles. The predicted octanol–water partition coefficient (Wildman–Crippen LogP) is 2.23. The Kier molecular flexibility index (Phi) is 2.53. The second-order valence-electron chi connectivity index (χ2n) is 2.13. The van der Waals surface area contributed by atoms with Crippen molar-refractivity contribution in [3.05, 3.63) is 52.0 Å². The molecule has 0 N–H and O–H groups in total. The molecule has 1 aromatic carbocycles. The smallest absolute Gasteiger partial charge is 0.256 e. The quantitative estimate of drug-likeness (QED) is 0.385. The molecule has 1 aromatic rings. The Hall–Kier alpha value is -1.71. The first-order chi connectivity index (χ1) is 5.70. The van der Waals surface area contributed by atoms with E-state index in [1.807, 2.05) is 0 Å². The highest BCUT2D eigenvalue weighted by atomic mass is 19.1. The van der Waals surface area contributed by atoms with Crippen LogP contribution in [-0.2, 0) is 0 Å². The maximum Gasteiger partial charge on any atom is 0.419 e. The van der Waals surface area contributed by atoms with Crippen LogP contribution in [0.15, 0.2) is 36.3 Å². The Labute approximate surface area is 68.3 Å². The van der Waals surface area contributed by atoms with Gasteiger partial charge < -0.3 is 0 Å². The van der Waals surface area contributed by atoms with Gasteiger partial charge in [-0.3, -0.25) is 10.1 Å². The lowest BCUT2D eigenvalue weighted by Gasteiger charge is -1.88. The summed E-state index contributed by atoms with van der Waals surface area (Å²) in [5.41, 5.74) is 0.478. The average molecular weight is 167 g/mol. The maximum absolute atomic E-state index is 12.4. The van der Waals surface area contributed by atoms with Crippen molar-refractivity contribution in [2.24, 2.45) is 0 Å². The summed E-state index contributed by atoms with van der Waals surface area (Å²) in [6.45, 7) is 0. The number of nitro groups is 1. The van der Waals surface area contributed by atoms with E-state index in [-0.39, 0.29) is 0 Å². The first-order valence-electron chi connectivity index (χ1n) is 3.27. The fourth-order valence-electron chi connectivity index (χ4n) is 0.739. The molecule has 0 radical (unpaired) electrons. The van der Waals surface area contributed by atoms with Gasteiger partial charge >= 0.3 is 5.95 Å². The van der Waals surface area contributed by atoms with Crippen molar-refractivity contribution in [1.82, 2.24) is 0 Å². The van der Waals surface area contributed by atoms with Crippen LogP contribution >= 0.6 is 0 Å². The SMILES string of the molecule is O=[N+]([O-])C(F)=Cc1ccccc1. The highest BCUT2D eigenvalue weighted by Gasteiger charge is 2.06. The van der Waals surface area contributed by atoms with Crippen LogP contribution in [0.2, 0.25) is 0 Å². The van der Waals surface area contributed by atoms with E-state index in [2.05, 4.69) is 0 Å². The van der Waals surface area contributed by atoms with Crippen LogP contribution in [0.4, 0.5) is 4.39 Å². The lowest BCUT2D eigenvalue weighted by molar-refractivity contribution is -0.445. The molecule has 4 heteroatoms. The fraction of sp³-hybridized carbons (Fsp3) is 0. The molecule has 0 unspecified atom stereocenters. The second-order valence-corrected chi connectivity index (χ2v) is 2.13. The van der Waals surface area contributed by atoms with E-state index < -0.39 is 10.9 Å². The lowest BCUT2D eigenvalue weighted by Crippen LogP contribution is -1.91. The van der Waals surface area contributed by atoms with Gasteiger partial charge in [0.05, 0.1) is 11.0 Å². The summed E-state index contributed by atoms with van der Waals surface area (Å²) in [6.07, 6.45) is 0.875. The summed E-state index contributed by atoms with van der Waals surface area (Å²) in [7, 11) is 0. The van der Waals surface area contributed by atoms with Crippen molar-refractivity contribution in [1.29, 1.82) is 0 Å². The summed E-state index contributed by atoms with van der Waals surface area (Å²) in [5.74, 6) is -1.35. The lowest BCUT2D eigenvalue weighted by atomic mass is 10.2. The van der Waals surface area contributed by atoms with Crippen molar-refractivity contribution < 1.29 is 9.31 Å². The molecule has 0 fully saturated rings. The van der Waals surface area contributed by atoms with Crippen molar-refractivity contribution in [3.63, 3.8) is 0 Å². The average Bonchev–Trinajstić information content (AvgIpc) is 2.06. The molecule has 0 aromatic heterocycles. The molecular formula is C8H6FNO2. The Morgan fingerprint density at radius 1 is 1.42 bits per heavy atom. The zero-order valence-electron chi connectivity index (χ0n) is 6.11. The maximum atomic E-state index is 12.4. The zero-order valence-corrected chi connectivity index (χ0v) is 6.11. The highest BCUT2D eigenvalue weighted by Crippen LogP contribution is 2.07. The Morgan fingerprint density at radius 3 is 2.50 bits per heavy atom. The van der Waals surface area contributed by atoms with Gasteiger partial charge in [-0.2, -0.15) is 0 Å². The summed E-state index contributed by atoms with van der Waals surface area (Å²) < 4.78 is 12.4. The molecule has 0 amide bonds.